The van der Waals surface area contributed by atoms with E-state index in [1.807, 2.05) is 58.3 Å². The molecule has 0 spiro atoms. The predicted octanol–water partition coefficient (Wildman–Crippen LogP) is 4.62. The maximum atomic E-state index is 13.6. The highest BCUT2D eigenvalue weighted by atomic mass is 32.2. The molecule has 0 bridgehead atoms. The first kappa shape index (κ1) is 33.1. The van der Waals surface area contributed by atoms with Gasteiger partial charge in [-0.2, -0.15) is 5.26 Å². The molecule has 3 N–H and O–H groups in total. The van der Waals surface area contributed by atoms with E-state index in [1.54, 1.807) is 43.9 Å². The number of aliphatic hydroxyl groups excluding tert-OH is 1. The molecule has 9 nitrogen and oxygen atoms in total. The average molecular weight is 573 g/mol. The zero-order valence-electron chi connectivity index (χ0n) is 24.6. The van der Waals surface area contributed by atoms with E-state index >= 15 is 0 Å². The largest absolute Gasteiger partial charge is 0.444 e. The summed E-state index contributed by atoms with van der Waals surface area (Å²) in [6.07, 6.45) is -0.764. The van der Waals surface area contributed by atoms with Crippen molar-refractivity contribution in [3.8, 4) is 6.07 Å². The number of nitrogens with zero attached hydrogens (tertiary/aromatic N) is 2. The summed E-state index contributed by atoms with van der Waals surface area (Å²) in [5.41, 5.74) is 0.317. The molecule has 0 radical (unpaired) electrons. The van der Waals surface area contributed by atoms with Crippen LogP contribution in [0.25, 0.3) is 0 Å². The lowest BCUT2D eigenvalue weighted by Gasteiger charge is -2.36. The number of amides is 1. The standard InChI is InChI=1S/C30H44N4O5S/c1-29(2,3)39-28(36)32-25(19-22-13-9-8-10-14-22)27(35)26(21-30(4,5)17-12-18-31)33-40(37,38)24-16-11-15-23(20-24)34(6)7/h8-11,13-16,20,25-27,33,35H,12,17,19,21H2,1-7H3,(H,32,36)/t25-,26?,27+/m0/s1. The van der Waals surface area contributed by atoms with Crippen molar-refractivity contribution < 1.29 is 23.1 Å². The second kappa shape index (κ2) is 14.0. The van der Waals surface area contributed by atoms with Gasteiger partial charge >= 0.3 is 6.09 Å². The van der Waals surface area contributed by atoms with Crippen LogP contribution in [0.2, 0.25) is 0 Å². The number of carbonyl (C=O) groups excluding carboxylic acids is 1. The molecule has 2 aromatic carbocycles. The minimum atomic E-state index is -4.06. The number of aliphatic hydroxyl groups is 1. The highest BCUT2D eigenvalue weighted by Gasteiger charge is 2.37. The smallest absolute Gasteiger partial charge is 0.407 e. The number of carbonyl (C=O) groups is 1. The molecule has 0 aromatic heterocycles. The summed E-state index contributed by atoms with van der Waals surface area (Å²) in [7, 11) is -0.424. The molecule has 1 unspecified atom stereocenters. The lowest BCUT2D eigenvalue weighted by atomic mass is 9.79. The van der Waals surface area contributed by atoms with E-state index in [2.05, 4.69) is 16.1 Å². The van der Waals surface area contributed by atoms with Crippen LogP contribution < -0.4 is 14.9 Å². The quantitative estimate of drug-likeness (QED) is 0.319. The number of anilines is 1. The minimum absolute atomic E-state index is 0.0606. The second-order valence-corrected chi connectivity index (χ2v) is 13.8. The molecule has 1 amide bonds. The Hall–Kier alpha value is -3.13. The first-order valence-electron chi connectivity index (χ1n) is 13.4. The number of hydrogen-bond acceptors (Lipinski definition) is 7. The molecule has 0 aliphatic carbocycles. The normalized spacial score (nSPS) is 14.5. The Bertz CT molecular complexity index is 1250. The zero-order chi connectivity index (χ0) is 30.1. The molecule has 40 heavy (non-hydrogen) atoms. The summed E-state index contributed by atoms with van der Waals surface area (Å²) in [5.74, 6) is 0. The van der Waals surface area contributed by atoms with Gasteiger partial charge in [0.05, 0.1) is 29.2 Å². The summed E-state index contributed by atoms with van der Waals surface area (Å²) in [6.45, 7) is 9.08. The topological polar surface area (TPSA) is 132 Å². The van der Waals surface area contributed by atoms with Crippen LogP contribution >= 0.6 is 0 Å². The van der Waals surface area contributed by atoms with Gasteiger partial charge in [0.1, 0.15) is 5.60 Å². The van der Waals surface area contributed by atoms with Crippen molar-refractivity contribution in [1.82, 2.24) is 10.0 Å². The van der Waals surface area contributed by atoms with Crippen LogP contribution in [0.3, 0.4) is 0 Å². The maximum absolute atomic E-state index is 13.6. The van der Waals surface area contributed by atoms with Gasteiger partial charge in [-0.05, 0) is 69.2 Å². The summed E-state index contributed by atoms with van der Waals surface area (Å²) < 4.78 is 35.4. The molecule has 0 heterocycles. The van der Waals surface area contributed by atoms with Crippen LogP contribution in [0.1, 0.15) is 59.4 Å². The number of nitriles is 1. The van der Waals surface area contributed by atoms with E-state index in [-0.39, 0.29) is 24.2 Å². The molecule has 0 aliphatic heterocycles. The number of alkyl carbamates (subject to hydrolysis) is 1. The third kappa shape index (κ3) is 10.8. The number of ether oxygens (including phenoxy) is 1. The first-order valence-corrected chi connectivity index (χ1v) is 14.9. The van der Waals surface area contributed by atoms with Crippen molar-refractivity contribution >= 4 is 21.8 Å². The molecule has 0 saturated heterocycles. The molecule has 220 valence electrons. The zero-order valence-corrected chi connectivity index (χ0v) is 25.5. The van der Waals surface area contributed by atoms with Crippen LogP contribution in [0.5, 0.6) is 0 Å². The van der Waals surface area contributed by atoms with Gasteiger partial charge in [-0.15, -0.1) is 0 Å². The van der Waals surface area contributed by atoms with Crippen molar-refractivity contribution in [3.05, 3.63) is 60.2 Å². The lowest BCUT2D eigenvalue weighted by molar-refractivity contribution is 0.0349. The SMILES string of the molecule is CN(C)c1cccc(S(=O)(=O)NC(CC(C)(C)CCC#N)[C@H](O)[C@H](Cc2ccccc2)NC(=O)OC(C)(C)C)c1. The number of rotatable bonds is 13. The van der Waals surface area contributed by atoms with Gasteiger partial charge in [0.15, 0.2) is 0 Å². The summed E-state index contributed by atoms with van der Waals surface area (Å²) in [6, 6.07) is 16.1. The fraction of sp³-hybridized carbons (Fsp3) is 0.533. The van der Waals surface area contributed by atoms with Gasteiger partial charge in [0.2, 0.25) is 10.0 Å². The summed E-state index contributed by atoms with van der Waals surface area (Å²) >= 11 is 0. The molecule has 0 saturated carbocycles. The first-order chi connectivity index (χ1) is 18.5. The Morgan fingerprint density at radius 3 is 2.27 bits per heavy atom. The van der Waals surface area contributed by atoms with Crippen LogP contribution in [0.15, 0.2) is 59.5 Å². The molecule has 0 aliphatic rings. The Morgan fingerprint density at radius 2 is 1.70 bits per heavy atom. The Morgan fingerprint density at radius 1 is 1.05 bits per heavy atom. The third-order valence-corrected chi connectivity index (χ3v) is 7.95. The lowest BCUT2D eigenvalue weighted by Crippen LogP contribution is -2.56. The van der Waals surface area contributed by atoms with Crippen molar-refractivity contribution in [2.24, 2.45) is 5.41 Å². The van der Waals surface area contributed by atoms with E-state index in [1.165, 1.54) is 6.07 Å². The molecular weight excluding hydrogens is 528 g/mol. The predicted molar refractivity (Wildman–Crippen MR) is 157 cm³/mol. The van der Waals surface area contributed by atoms with E-state index in [0.717, 1.165) is 5.56 Å². The van der Waals surface area contributed by atoms with Gasteiger partial charge in [-0.3, -0.25) is 0 Å². The highest BCUT2D eigenvalue weighted by molar-refractivity contribution is 7.89. The van der Waals surface area contributed by atoms with Crippen LogP contribution in [-0.4, -0.2) is 57.5 Å². The van der Waals surface area contributed by atoms with E-state index in [0.29, 0.717) is 12.1 Å². The van der Waals surface area contributed by atoms with Crippen molar-refractivity contribution in [2.75, 3.05) is 19.0 Å². The van der Waals surface area contributed by atoms with Crippen molar-refractivity contribution in [2.45, 2.75) is 89.0 Å². The molecule has 2 rings (SSSR count). The van der Waals surface area contributed by atoms with E-state index in [4.69, 9.17) is 10.00 Å². The number of hydrogen-bond donors (Lipinski definition) is 3. The molecule has 0 fully saturated rings. The summed E-state index contributed by atoms with van der Waals surface area (Å²) in [5, 5.41) is 23.7. The van der Waals surface area contributed by atoms with Gasteiger partial charge in [-0.25, -0.2) is 17.9 Å². The number of sulfonamides is 1. The van der Waals surface area contributed by atoms with E-state index in [9.17, 15) is 18.3 Å². The summed E-state index contributed by atoms with van der Waals surface area (Å²) in [4.78, 5) is 14.7. The monoisotopic (exact) mass is 572 g/mol. The van der Waals surface area contributed by atoms with Gasteiger partial charge < -0.3 is 20.1 Å². The highest BCUT2D eigenvalue weighted by Crippen LogP contribution is 2.31. The average Bonchev–Trinajstić information content (AvgIpc) is 2.85. The molecule has 2 aromatic rings. The molecule has 3 atom stereocenters. The van der Waals surface area contributed by atoms with Crippen LogP contribution in [0, 0.1) is 16.7 Å². The van der Waals surface area contributed by atoms with Crippen LogP contribution in [0.4, 0.5) is 10.5 Å². The Balaban J connectivity index is 2.48. The second-order valence-electron chi connectivity index (χ2n) is 12.1. The fourth-order valence-corrected chi connectivity index (χ4v) is 5.68. The molecule has 10 heteroatoms. The van der Waals surface area contributed by atoms with E-state index < -0.39 is 45.3 Å². The van der Waals surface area contributed by atoms with Crippen molar-refractivity contribution in [1.29, 1.82) is 5.26 Å². The van der Waals surface area contributed by atoms with Gasteiger partial charge in [-0.1, -0.05) is 50.2 Å². The van der Waals surface area contributed by atoms with Gasteiger partial charge in [0.25, 0.3) is 0 Å². The number of benzene rings is 2. The maximum Gasteiger partial charge on any atom is 0.407 e. The van der Waals surface area contributed by atoms with Crippen LogP contribution in [-0.2, 0) is 21.2 Å². The van der Waals surface area contributed by atoms with Gasteiger partial charge in [0, 0.05) is 26.2 Å². The fourth-order valence-electron chi connectivity index (χ4n) is 4.38. The third-order valence-electron chi connectivity index (χ3n) is 6.46. The molecular formula is C30H44N4O5S. The Labute approximate surface area is 239 Å². The van der Waals surface area contributed by atoms with Crippen molar-refractivity contribution in [3.63, 3.8) is 0 Å². The Kier molecular flexibility index (Phi) is 11.6. The number of nitrogens with one attached hydrogen (secondary N) is 2. The minimum Gasteiger partial charge on any atom is -0.444 e.